The van der Waals surface area contributed by atoms with Crippen molar-refractivity contribution in [1.29, 1.82) is 0 Å². The Balaban J connectivity index is 2.80. The van der Waals surface area contributed by atoms with E-state index in [0.29, 0.717) is 21.4 Å². The second kappa shape index (κ2) is 4.37. The van der Waals surface area contributed by atoms with Crippen molar-refractivity contribution in [2.45, 2.75) is 6.92 Å². The van der Waals surface area contributed by atoms with Crippen molar-refractivity contribution in [2.75, 3.05) is 12.8 Å². The number of rotatable bonds is 2. The monoisotopic (exact) mass is 299 g/mol. The van der Waals surface area contributed by atoms with Gasteiger partial charge in [0.2, 0.25) is 0 Å². The summed E-state index contributed by atoms with van der Waals surface area (Å²) in [5.41, 5.74) is 7.82. The fourth-order valence-electron chi connectivity index (χ4n) is 1.71. The molecule has 0 saturated carbocycles. The molecule has 2 aromatic rings. The Kier molecular flexibility index (Phi) is 3.06. The van der Waals surface area contributed by atoms with Gasteiger partial charge in [0.1, 0.15) is 5.82 Å². The number of ether oxygens (including phenoxy) is 1. The smallest absolute Gasteiger partial charge is 0.166 e. The third-order valence-corrected chi connectivity index (χ3v) is 3.40. The summed E-state index contributed by atoms with van der Waals surface area (Å²) in [6.45, 7) is 1.85. The number of aromatic nitrogens is 2. The molecule has 0 fully saturated rings. The van der Waals surface area contributed by atoms with Crippen LogP contribution < -0.4 is 10.5 Å². The van der Waals surface area contributed by atoms with Crippen molar-refractivity contribution < 1.29 is 9.13 Å². The minimum absolute atomic E-state index is 0.166. The van der Waals surface area contributed by atoms with Gasteiger partial charge in [-0.1, -0.05) is 15.9 Å². The van der Waals surface area contributed by atoms with Crippen molar-refractivity contribution >= 4 is 21.7 Å². The first-order valence-corrected chi connectivity index (χ1v) is 5.67. The second-order valence-electron chi connectivity index (χ2n) is 3.57. The van der Waals surface area contributed by atoms with Crippen molar-refractivity contribution in [2.24, 2.45) is 0 Å². The van der Waals surface area contributed by atoms with Gasteiger partial charge in [0, 0.05) is 15.6 Å². The highest BCUT2D eigenvalue weighted by molar-refractivity contribution is 9.10. The number of hydrogen-bond donors (Lipinski definition) is 2. The summed E-state index contributed by atoms with van der Waals surface area (Å²) in [4.78, 5) is 0. The Morgan fingerprint density at radius 3 is 2.76 bits per heavy atom. The topological polar surface area (TPSA) is 63.9 Å². The van der Waals surface area contributed by atoms with Crippen LogP contribution in [0.2, 0.25) is 0 Å². The lowest BCUT2D eigenvalue weighted by Gasteiger charge is -2.13. The van der Waals surface area contributed by atoms with Gasteiger partial charge in [-0.25, -0.2) is 4.39 Å². The first-order chi connectivity index (χ1) is 8.06. The number of nitrogens with two attached hydrogens (primary N) is 1. The molecule has 0 amide bonds. The zero-order valence-electron chi connectivity index (χ0n) is 9.34. The minimum atomic E-state index is -0.444. The summed E-state index contributed by atoms with van der Waals surface area (Å²) < 4.78 is 19.5. The lowest BCUT2D eigenvalue weighted by molar-refractivity contribution is 0.388. The van der Waals surface area contributed by atoms with Crippen LogP contribution in [0.1, 0.15) is 5.56 Å². The normalized spacial score (nSPS) is 10.6. The zero-order chi connectivity index (χ0) is 12.6. The van der Waals surface area contributed by atoms with E-state index in [4.69, 9.17) is 10.5 Å². The lowest BCUT2D eigenvalue weighted by atomic mass is 10.0. The van der Waals surface area contributed by atoms with Gasteiger partial charge in [-0.3, -0.25) is 5.10 Å². The quantitative estimate of drug-likeness (QED) is 0.896. The number of methoxy groups -OCH3 is 1. The average Bonchev–Trinajstić information content (AvgIpc) is 2.69. The summed E-state index contributed by atoms with van der Waals surface area (Å²) >= 11 is 3.30. The third kappa shape index (κ3) is 1.88. The molecule has 1 aromatic heterocycles. The molecule has 1 heterocycles. The molecule has 0 aliphatic rings. The van der Waals surface area contributed by atoms with Gasteiger partial charge in [0.15, 0.2) is 11.6 Å². The van der Waals surface area contributed by atoms with Crippen LogP contribution in [-0.2, 0) is 0 Å². The van der Waals surface area contributed by atoms with E-state index in [9.17, 15) is 4.39 Å². The van der Waals surface area contributed by atoms with E-state index in [1.165, 1.54) is 13.2 Å². The number of H-pyrrole nitrogens is 1. The van der Waals surface area contributed by atoms with E-state index >= 15 is 0 Å². The highest BCUT2D eigenvalue weighted by Crippen LogP contribution is 2.40. The van der Waals surface area contributed by atoms with E-state index in [1.54, 1.807) is 6.20 Å². The molecule has 0 unspecified atom stereocenters. The molecule has 0 aliphatic carbocycles. The molecular formula is C11H11BrFN3O. The Bertz CT molecular complexity index is 568. The number of aromatic amines is 1. The van der Waals surface area contributed by atoms with Crippen LogP contribution in [0.4, 0.5) is 10.2 Å². The van der Waals surface area contributed by atoms with Crippen LogP contribution in [0.15, 0.2) is 16.7 Å². The van der Waals surface area contributed by atoms with Crippen molar-refractivity contribution in [3.05, 3.63) is 28.1 Å². The van der Waals surface area contributed by atoms with Crippen LogP contribution in [0, 0.1) is 12.7 Å². The molecule has 2 rings (SSSR count). The molecule has 0 bridgehead atoms. The first-order valence-electron chi connectivity index (χ1n) is 4.88. The SMILES string of the molecule is COc1c(F)cc(Br)c(C)c1-c1cn[nH]c1N. The minimum Gasteiger partial charge on any atom is -0.493 e. The van der Waals surface area contributed by atoms with Crippen molar-refractivity contribution in [1.82, 2.24) is 10.2 Å². The predicted octanol–water partition coefficient (Wildman–Crippen LogP) is 2.88. The molecule has 0 spiro atoms. The Morgan fingerprint density at radius 1 is 1.53 bits per heavy atom. The highest BCUT2D eigenvalue weighted by atomic mass is 79.9. The van der Waals surface area contributed by atoms with Crippen LogP contribution in [0.5, 0.6) is 5.75 Å². The summed E-state index contributed by atoms with van der Waals surface area (Å²) in [6.07, 6.45) is 1.55. The molecule has 0 saturated heterocycles. The standard InChI is InChI=1S/C11H11BrFN3O/c1-5-7(12)3-8(13)10(17-2)9(5)6-4-15-16-11(6)14/h3-4H,1-2H3,(H3,14,15,16). The van der Waals surface area contributed by atoms with Gasteiger partial charge >= 0.3 is 0 Å². The molecule has 17 heavy (non-hydrogen) atoms. The van der Waals surface area contributed by atoms with E-state index in [-0.39, 0.29) is 5.75 Å². The van der Waals surface area contributed by atoms with Crippen LogP contribution in [0.25, 0.3) is 11.1 Å². The fraction of sp³-hybridized carbons (Fsp3) is 0.182. The van der Waals surface area contributed by atoms with Gasteiger partial charge in [-0.05, 0) is 18.6 Å². The predicted molar refractivity (Wildman–Crippen MR) is 67.4 cm³/mol. The molecular weight excluding hydrogens is 289 g/mol. The maximum absolute atomic E-state index is 13.8. The third-order valence-electron chi connectivity index (χ3n) is 2.57. The van der Waals surface area contributed by atoms with Crippen LogP contribution >= 0.6 is 15.9 Å². The maximum atomic E-state index is 13.8. The van der Waals surface area contributed by atoms with Gasteiger partial charge in [0.25, 0.3) is 0 Å². The lowest BCUT2D eigenvalue weighted by Crippen LogP contribution is -1.97. The number of anilines is 1. The summed E-state index contributed by atoms with van der Waals surface area (Å²) in [5.74, 6) is 0.100. The molecule has 4 nitrogen and oxygen atoms in total. The van der Waals surface area contributed by atoms with Gasteiger partial charge < -0.3 is 10.5 Å². The van der Waals surface area contributed by atoms with Crippen molar-refractivity contribution in [3.8, 4) is 16.9 Å². The van der Waals surface area contributed by atoms with E-state index < -0.39 is 5.82 Å². The van der Waals surface area contributed by atoms with Crippen LogP contribution in [0.3, 0.4) is 0 Å². The number of halogens is 2. The van der Waals surface area contributed by atoms with Gasteiger partial charge in [-0.15, -0.1) is 0 Å². The number of hydrogen-bond acceptors (Lipinski definition) is 3. The Hall–Kier alpha value is -1.56. The van der Waals surface area contributed by atoms with E-state index in [2.05, 4.69) is 26.1 Å². The average molecular weight is 300 g/mol. The van der Waals surface area contributed by atoms with E-state index in [1.807, 2.05) is 6.92 Å². The number of benzene rings is 1. The van der Waals surface area contributed by atoms with E-state index in [0.717, 1.165) is 5.56 Å². The van der Waals surface area contributed by atoms with Crippen molar-refractivity contribution in [3.63, 3.8) is 0 Å². The molecule has 0 aliphatic heterocycles. The molecule has 3 N–H and O–H groups in total. The summed E-state index contributed by atoms with van der Waals surface area (Å²) in [7, 11) is 1.42. The Morgan fingerprint density at radius 2 is 2.24 bits per heavy atom. The molecule has 0 atom stereocenters. The first kappa shape index (κ1) is 11.9. The zero-order valence-corrected chi connectivity index (χ0v) is 10.9. The fourth-order valence-corrected chi connectivity index (χ4v) is 2.11. The maximum Gasteiger partial charge on any atom is 0.166 e. The second-order valence-corrected chi connectivity index (χ2v) is 4.43. The van der Waals surface area contributed by atoms with Crippen LogP contribution in [-0.4, -0.2) is 17.3 Å². The molecule has 6 heteroatoms. The Labute approximate surface area is 106 Å². The summed E-state index contributed by atoms with van der Waals surface area (Å²) in [5, 5.41) is 6.45. The molecule has 1 aromatic carbocycles. The highest BCUT2D eigenvalue weighted by Gasteiger charge is 2.19. The van der Waals surface area contributed by atoms with Gasteiger partial charge in [0.05, 0.1) is 13.3 Å². The molecule has 90 valence electrons. The number of nitrogens with zero attached hydrogens (tertiary/aromatic N) is 1. The molecule has 0 radical (unpaired) electrons. The largest absolute Gasteiger partial charge is 0.493 e. The number of nitrogen functional groups attached to an aromatic ring is 1. The summed E-state index contributed by atoms with van der Waals surface area (Å²) in [6, 6.07) is 1.37. The number of nitrogens with one attached hydrogen (secondary N) is 1. The van der Waals surface area contributed by atoms with Gasteiger partial charge in [-0.2, -0.15) is 5.10 Å².